The Bertz CT molecular complexity index is 1320. The maximum atomic E-state index is 13.1. The fourth-order valence-electron chi connectivity index (χ4n) is 3.57. The highest BCUT2D eigenvalue weighted by atomic mass is 32.2. The third-order valence-corrected chi connectivity index (χ3v) is 5.82. The number of nitrogens with one attached hydrogen (secondary N) is 1. The number of benzene rings is 2. The predicted octanol–water partition coefficient (Wildman–Crippen LogP) is 6.87. The van der Waals surface area contributed by atoms with Crippen LogP contribution in [-0.4, -0.2) is 45.7 Å². The molecule has 3 rings (SSSR count). The molecule has 2 aromatic carbocycles. The van der Waals surface area contributed by atoms with Crippen LogP contribution in [0.25, 0.3) is 10.8 Å². The lowest BCUT2D eigenvalue weighted by molar-refractivity contribution is -0.138. The first-order valence-corrected chi connectivity index (χ1v) is 13.2. The second-order valence-electron chi connectivity index (χ2n) is 10.6. The van der Waals surface area contributed by atoms with Gasteiger partial charge in [-0.1, -0.05) is 12.1 Å². The van der Waals surface area contributed by atoms with E-state index in [-0.39, 0.29) is 5.82 Å². The largest absolute Gasteiger partial charge is 0.479 e. The zero-order valence-corrected chi connectivity index (χ0v) is 23.4. The number of carboxylic acid groups (broad SMARTS) is 1. The molecule has 2 N–H and O–H groups in total. The number of fused-ring (bicyclic) bond motifs is 1. The molecule has 0 aliphatic rings. The predicted molar refractivity (Wildman–Crippen MR) is 149 cm³/mol. The van der Waals surface area contributed by atoms with Gasteiger partial charge in [-0.25, -0.2) is 19.4 Å². The van der Waals surface area contributed by atoms with Gasteiger partial charge < -0.3 is 19.9 Å². The summed E-state index contributed by atoms with van der Waals surface area (Å²) in [6.45, 7) is 10.2. The van der Waals surface area contributed by atoms with Gasteiger partial charge in [-0.3, -0.25) is 0 Å². The molecule has 10 heteroatoms. The number of rotatable bonds is 6. The van der Waals surface area contributed by atoms with Gasteiger partial charge in [0.2, 0.25) is 0 Å². The number of nitrogens with zero attached hydrogens (tertiary/aromatic N) is 2. The van der Waals surface area contributed by atoms with E-state index in [9.17, 15) is 19.5 Å². The van der Waals surface area contributed by atoms with Crippen molar-refractivity contribution < 1.29 is 29.0 Å². The molecule has 0 radical (unpaired) electrons. The molecule has 3 aromatic rings. The Morgan fingerprint density at radius 3 is 2.13 bits per heavy atom. The molecule has 0 bridgehead atoms. The number of aromatic nitrogens is 1. The number of thioether (sulfide) groups is 1. The van der Waals surface area contributed by atoms with Gasteiger partial charge >= 0.3 is 18.2 Å². The van der Waals surface area contributed by atoms with Gasteiger partial charge in [-0.2, -0.15) is 4.90 Å². The van der Waals surface area contributed by atoms with Crippen molar-refractivity contribution in [2.75, 3.05) is 16.5 Å². The van der Waals surface area contributed by atoms with Crippen molar-refractivity contribution in [2.45, 2.75) is 63.7 Å². The second-order valence-corrected chi connectivity index (χ2v) is 11.4. The van der Waals surface area contributed by atoms with E-state index in [1.165, 1.54) is 18.0 Å². The lowest BCUT2D eigenvalue weighted by atomic mass is 10.1. The minimum atomic E-state index is -1.03. The van der Waals surface area contributed by atoms with Crippen molar-refractivity contribution in [3.63, 3.8) is 0 Å². The summed E-state index contributed by atoms with van der Waals surface area (Å²) >= 11 is 1.53. The third-order valence-electron chi connectivity index (χ3n) is 5.09. The highest BCUT2D eigenvalue weighted by Crippen LogP contribution is 2.31. The van der Waals surface area contributed by atoms with E-state index in [4.69, 9.17) is 9.47 Å². The molecule has 0 aliphatic carbocycles. The quantitative estimate of drug-likeness (QED) is 0.323. The molecule has 2 amide bonds. The fraction of sp³-hybridized carbons (Fsp3) is 0.357. The highest BCUT2D eigenvalue weighted by Gasteiger charge is 2.34. The molecule has 0 aliphatic heterocycles. The number of aliphatic carboxylic acids is 1. The molecule has 1 atom stereocenters. The van der Waals surface area contributed by atoms with E-state index < -0.39 is 35.4 Å². The number of carboxylic acids is 1. The number of anilines is 2. The Balaban J connectivity index is 2.03. The first kappa shape index (κ1) is 28.8. The van der Waals surface area contributed by atoms with Crippen molar-refractivity contribution in [3.8, 4) is 0 Å². The summed E-state index contributed by atoms with van der Waals surface area (Å²) in [5, 5.41) is 14.1. The van der Waals surface area contributed by atoms with Crippen molar-refractivity contribution >= 4 is 52.2 Å². The monoisotopic (exact) mass is 539 g/mol. The zero-order valence-electron chi connectivity index (χ0n) is 22.6. The first-order chi connectivity index (χ1) is 17.7. The standard InChI is InChI=1S/C28H33N3O6S/c1-27(2,3)36-25(34)31(26(35)37-28(4,5)6)23-21-12-11-19(15-17(21)13-14-29-23)30-22(24(32)33)18-9-8-10-20(16-18)38-7/h8-16,22,30H,1-7H3,(H,32,33). The van der Waals surface area contributed by atoms with Crippen LogP contribution in [0.5, 0.6) is 0 Å². The molecule has 0 saturated carbocycles. The van der Waals surface area contributed by atoms with Gasteiger partial charge in [0.05, 0.1) is 0 Å². The third kappa shape index (κ3) is 7.38. The molecule has 0 fully saturated rings. The van der Waals surface area contributed by atoms with Gasteiger partial charge in [0.1, 0.15) is 11.2 Å². The summed E-state index contributed by atoms with van der Waals surface area (Å²) < 4.78 is 11.0. The van der Waals surface area contributed by atoms with E-state index in [1.54, 1.807) is 71.9 Å². The fourth-order valence-corrected chi connectivity index (χ4v) is 4.04. The van der Waals surface area contributed by atoms with Crippen molar-refractivity contribution in [1.29, 1.82) is 0 Å². The van der Waals surface area contributed by atoms with Gasteiger partial charge in [-0.05, 0) is 95.1 Å². The SMILES string of the molecule is CSc1cccc(C(Nc2ccc3c(N(C(=O)OC(C)(C)C)C(=O)OC(C)(C)C)nccc3c2)C(=O)O)c1. The number of imide groups is 1. The van der Waals surface area contributed by atoms with E-state index in [2.05, 4.69) is 10.3 Å². The molecule has 0 spiro atoms. The number of carbonyl (C=O) groups is 3. The topological polar surface area (TPSA) is 118 Å². The summed E-state index contributed by atoms with van der Waals surface area (Å²) in [4.78, 5) is 44.4. The molecule has 38 heavy (non-hydrogen) atoms. The Morgan fingerprint density at radius 1 is 0.947 bits per heavy atom. The van der Waals surface area contributed by atoms with Crippen LogP contribution in [0.2, 0.25) is 0 Å². The van der Waals surface area contributed by atoms with Gasteiger partial charge in [-0.15, -0.1) is 11.8 Å². The minimum absolute atomic E-state index is 0.0417. The molecule has 1 aromatic heterocycles. The summed E-state index contributed by atoms with van der Waals surface area (Å²) in [6.07, 6.45) is 1.54. The first-order valence-electron chi connectivity index (χ1n) is 12.0. The van der Waals surface area contributed by atoms with Crippen LogP contribution in [-0.2, 0) is 14.3 Å². The number of hydrogen-bond donors (Lipinski definition) is 2. The number of carbonyl (C=O) groups excluding carboxylic acids is 2. The average Bonchev–Trinajstić information content (AvgIpc) is 2.80. The molecule has 202 valence electrons. The lowest BCUT2D eigenvalue weighted by Crippen LogP contribution is -2.44. The minimum Gasteiger partial charge on any atom is -0.479 e. The summed E-state index contributed by atoms with van der Waals surface area (Å²) in [6, 6.07) is 13.1. The van der Waals surface area contributed by atoms with E-state index in [1.807, 2.05) is 24.5 Å². The summed E-state index contributed by atoms with van der Waals surface area (Å²) in [7, 11) is 0. The van der Waals surface area contributed by atoms with Crippen molar-refractivity contribution in [1.82, 2.24) is 4.98 Å². The number of amides is 2. The Kier molecular flexibility index (Phi) is 8.56. The molecule has 1 unspecified atom stereocenters. The average molecular weight is 540 g/mol. The second kappa shape index (κ2) is 11.3. The Labute approximate surface area is 226 Å². The number of hydrogen-bond acceptors (Lipinski definition) is 8. The molecule has 0 saturated heterocycles. The van der Waals surface area contributed by atoms with Gasteiger partial charge in [0, 0.05) is 22.2 Å². The van der Waals surface area contributed by atoms with E-state index >= 15 is 0 Å². The normalized spacial score (nSPS) is 12.5. The molecular formula is C28H33N3O6S. The maximum absolute atomic E-state index is 13.1. The van der Waals surface area contributed by atoms with Crippen LogP contribution >= 0.6 is 11.8 Å². The van der Waals surface area contributed by atoms with Crippen LogP contribution in [0, 0.1) is 0 Å². The van der Waals surface area contributed by atoms with Crippen LogP contribution in [0.3, 0.4) is 0 Å². The van der Waals surface area contributed by atoms with E-state index in [0.717, 1.165) is 9.80 Å². The van der Waals surface area contributed by atoms with Gasteiger partial charge in [0.15, 0.2) is 11.9 Å². The molecule has 1 heterocycles. The Morgan fingerprint density at radius 2 is 1.58 bits per heavy atom. The van der Waals surface area contributed by atoms with Crippen LogP contribution < -0.4 is 10.2 Å². The highest BCUT2D eigenvalue weighted by molar-refractivity contribution is 7.98. The molecule has 9 nitrogen and oxygen atoms in total. The van der Waals surface area contributed by atoms with Crippen LogP contribution in [0.15, 0.2) is 59.6 Å². The van der Waals surface area contributed by atoms with Gasteiger partial charge in [0.25, 0.3) is 0 Å². The summed E-state index contributed by atoms with van der Waals surface area (Å²) in [5.41, 5.74) is -0.574. The number of pyridine rings is 1. The smallest absolute Gasteiger partial charge is 0.425 e. The maximum Gasteiger partial charge on any atom is 0.425 e. The van der Waals surface area contributed by atoms with Crippen LogP contribution in [0.1, 0.15) is 53.1 Å². The number of ether oxygens (including phenoxy) is 2. The lowest BCUT2D eigenvalue weighted by Gasteiger charge is -2.28. The Hall–Kier alpha value is -3.79. The van der Waals surface area contributed by atoms with Crippen LogP contribution in [0.4, 0.5) is 21.1 Å². The summed E-state index contributed by atoms with van der Waals surface area (Å²) in [5.74, 6) is -0.986. The van der Waals surface area contributed by atoms with E-state index in [0.29, 0.717) is 22.0 Å². The van der Waals surface area contributed by atoms with Crippen molar-refractivity contribution in [3.05, 3.63) is 60.3 Å². The molecular weight excluding hydrogens is 506 g/mol. The van der Waals surface area contributed by atoms with Crippen molar-refractivity contribution in [2.24, 2.45) is 0 Å². The zero-order chi connectivity index (χ0) is 28.3.